The zero-order valence-electron chi connectivity index (χ0n) is 17.0. The molecule has 0 saturated carbocycles. The van der Waals surface area contributed by atoms with Gasteiger partial charge in [-0.15, -0.1) is 0 Å². The number of hydrogen-bond donors (Lipinski definition) is 0. The molecule has 0 aliphatic carbocycles. The molecular weight excluding hydrogens is 376 g/mol. The second-order valence-corrected chi connectivity index (χ2v) is 7.27. The number of methoxy groups -OCH3 is 1. The third-order valence-electron chi connectivity index (χ3n) is 5.22. The molecule has 0 bridgehead atoms. The van der Waals surface area contributed by atoms with Gasteiger partial charge < -0.3 is 9.47 Å². The third kappa shape index (κ3) is 4.82. The summed E-state index contributed by atoms with van der Waals surface area (Å²) < 4.78 is 10.6. The van der Waals surface area contributed by atoms with Gasteiger partial charge in [0.25, 0.3) is 0 Å². The molecular formula is C24H24N4O2. The van der Waals surface area contributed by atoms with E-state index in [1.165, 1.54) is 11.1 Å². The van der Waals surface area contributed by atoms with E-state index < -0.39 is 0 Å². The molecule has 1 aliphatic rings. The van der Waals surface area contributed by atoms with Gasteiger partial charge in [0.15, 0.2) is 0 Å². The lowest BCUT2D eigenvalue weighted by Gasteiger charge is -2.26. The number of hydrogen-bond acceptors (Lipinski definition) is 6. The summed E-state index contributed by atoms with van der Waals surface area (Å²) in [5.41, 5.74) is 4.63. The summed E-state index contributed by atoms with van der Waals surface area (Å²) in [5, 5.41) is 9.32. The molecule has 1 saturated heterocycles. The Morgan fingerprint density at radius 3 is 2.57 bits per heavy atom. The standard InChI is InChI=1S/C24H24N4O2/c1-29-23-7-6-20(15-21(23)16-25)22-8-9-26-24(27-22)14-18-2-4-19(5-3-18)17-28-10-12-30-13-11-28/h2-9,15H,10-14,17H2,1H3. The first-order chi connectivity index (χ1) is 14.7. The molecule has 3 aromatic rings. The van der Waals surface area contributed by atoms with Crippen molar-refractivity contribution >= 4 is 0 Å². The van der Waals surface area contributed by atoms with Gasteiger partial charge in [-0.05, 0) is 35.4 Å². The zero-order valence-corrected chi connectivity index (χ0v) is 17.0. The van der Waals surface area contributed by atoms with Crippen molar-refractivity contribution in [3.05, 3.63) is 77.2 Å². The van der Waals surface area contributed by atoms with Crippen LogP contribution in [0, 0.1) is 11.3 Å². The van der Waals surface area contributed by atoms with Gasteiger partial charge in [0.2, 0.25) is 0 Å². The smallest absolute Gasteiger partial charge is 0.136 e. The van der Waals surface area contributed by atoms with E-state index in [-0.39, 0.29) is 0 Å². The summed E-state index contributed by atoms with van der Waals surface area (Å²) in [6.07, 6.45) is 2.42. The van der Waals surface area contributed by atoms with E-state index in [2.05, 4.69) is 40.2 Å². The normalized spacial score (nSPS) is 14.3. The lowest BCUT2D eigenvalue weighted by molar-refractivity contribution is 0.0342. The summed E-state index contributed by atoms with van der Waals surface area (Å²) >= 11 is 0. The molecule has 0 atom stereocenters. The zero-order chi connectivity index (χ0) is 20.8. The first kappa shape index (κ1) is 20.0. The van der Waals surface area contributed by atoms with Crippen molar-refractivity contribution in [3.63, 3.8) is 0 Å². The SMILES string of the molecule is COc1ccc(-c2ccnc(Cc3ccc(CN4CCOCC4)cc3)n2)cc1C#N. The minimum Gasteiger partial charge on any atom is -0.495 e. The molecule has 1 fully saturated rings. The lowest BCUT2D eigenvalue weighted by Crippen LogP contribution is -2.35. The fourth-order valence-electron chi connectivity index (χ4n) is 3.56. The van der Waals surface area contributed by atoms with Gasteiger partial charge in [-0.25, -0.2) is 9.97 Å². The van der Waals surface area contributed by atoms with Crippen LogP contribution in [-0.4, -0.2) is 48.3 Å². The van der Waals surface area contributed by atoms with Gasteiger partial charge in [-0.3, -0.25) is 4.90 Å². The molecule has 152 valence electrons. The highest BCUT2D eigenvalue weighted by Crippen LogP contribution is 2.25. The highest BCUT2D eigenvalue weighted by atomic mass is 16.5. The van der Waals surface area contributed by atoms with Crippen molar-refractivity contribution in [2.75, 3.05) is 33.4 Å². The second-order valence-electron chi connectivity index (χ2n) is 7.27. The number of morpholine rings is 1. The average molecular weight is 400 g/mol. The number of benzene rings is 2. The lowest BCUT2D eigenvalue weighted by atomic mass is 10.1. The molecule has 6 nitrogen and oxygen atoms in total. The molecule has 0 N–H and O–H groups in total. The van der Waals surface area contributed by atoms with Crippen LogP contribution in [0.3, 0.4) is 0 Å². The first-order valence-corrected chi connectivity index (χ1v) is 10.0. The molecule has 6 heteroatoms. The molecule has 1 aliphatic heterocycles. The van der Waals surface area contributed by atoms with Crippen LogP contribution in [0.25, 0.3) is 11.3 Å². The Labute approximate surface area is 176 Å². The van der Waals surface area contributed by atoms with Crippen LogP contribution in [0.15, 0.2) is 54.7 Å². The van der Waals surface area contributed by atoms with E-state index in [0.717, 1.165) is 49.9 Å². The van der Waals surface area contributed by atoms with Crippen LogP contribution in [0.5, 0.6) is 5.75 Å². The Balaban J connectivity index is 1.46. The minimum absolute atomic E-state index is 0.492. The molecule has 2 aromatic carbocycles. The minimum atomic E-state index is 0.492. The summed E-state index contributed by atoms with van der Waals surface area (Å²) in [4.78, 5) is 11.5. The summed E-state index contributed by atoms with van der Waals surface area (Å²) in [6.45, 7) is 4.56. The Morgan fingerprint density at radius 2 is 1.83 bits per heavy atom. The number of rotatable bonds is 6. The maximum absolute atomic E-state index is 9.32. The van der Waals surface area contributed by atoms with E-state index in [0.29, 0.717) is 17.7 Å². The predicted molar refractivity (Wildman–Crippen MR) is 114 cm³/mol. The van der Waals surface area contributed by atoms with Gasteiger partial charge in [-0.1, -0.05) is 24.3 Å². The van der Waals surface area contributed by atoms with Crippen LogP contribution >= 0.6 is 0 Å². The molecule has 30 heavy (non-hydrogen) atoms. The topological polar surface area (TPSA) is 71.3 Å². The maximum Gasteiger partial charge on any atom is 0.136 e. The number of ether oxygens (including phenoxy) is 2. The Kier molecular flexibility index (Phi) is 6.33. The van der Waals surface area contributed by atoms with E-state index in [9.17, 15) is 5.26 Å². The Bertz CT molecular complexity index is 1040. The van der Waals surface area contributed by atoms with Gasteiger partial charge in [0, 0.05) is 37.8 Å². The van der Waals surface area contributed by atoms with Crippen molar-refractivity contribution in [1.29, 1.82) is 5.26 Å². The van der Waals surface area contributed by atoms with E-state index >= 15 is 0 Å². The number of aromatic nitrogens is 2. The third-order valence-corrected chi connectivity index (χ3v) is 5.22. The largest absolute Gasteiger partial charge is 0.495 e. The fourth-order valence-corrected chi connectivity index (χ4v) is 3.56. The highest BCUT2D eigenvalue weighted by molar-refractivity contribution is 5.64. The van der Waals surface area contributed by atoms with Gasteiger partial charge in [-0.2, -0.15) is 5.26 Å². The van der Waals surface area contributed by atoms with E-state index in [1.54, 1.807) is 25.4 Å². The Morgan fingerprint density at radius 1 is 1.07 bits per heavy atom. The van der Waals surface area contributed by atoms with Crippen molar-refractivity contribution in [2.24, 2.45) is 0 Å². The number of nitriles is 1. The van der Waals surface area contributed by atoms with Gasteiger partial charge in [0.05, 0.1) is 31.6 Å². The van der Waals surface area contributed by atoms with Crippen LogP contribution in [0.4, 0.5) is 0 Å². The maximum atomic E-state index is 9.32. The van der Waals surface area contributed by atoms with E-state index in [1.807, 2.05) is 12.1 Å². The first-order valence-electron chi connectivity index (χ1n) is 10.0. The molecule has 0 spiro atoms. The van der Waals surface area contributed by atoms with Crippen LogP contribution in [0.2, 0.25) is 0 Å². The average Bonchev–Trinajstić information content (AvgIpc) is 2.81. The van der Waals surface area contributed by atoms with Crippen LogP contribution in [-0.2, 0) is 17.7 Å². The fraction of sp³-hybridized carbons (Fsp3) is 0.292. The monoisotopic (exact) mass is 400 g/mol. The predicted octanol–water partition coefficient (Wildman–Crippen LogP) is 3.45. The molecule has 2 heterocycles. The van der Waals surface area contributed by atoms with Crippen LogP contribution < -0.4 is 4.74 Å². The molecule has 1 aromatic heterocycles. The van der Waals surface area contributed by atoms with Crippen molar-refractivity contribution in [2.45, 2.75) is 13.0 Å². The molecule has 0 radical (unpaired) electrons. The van der Waals surface area contributed by atoms with Crippen molar-refractivity contribution < 1.29 is 9.47 Å². The molecule has 0 amide bonds. The van der Waals surface area contributed by atoms with Crippen LogP contribution in [0.1, 0.15) is 22.5 Å². The number of nitrogens with zero attached hydrogens (tertiary/aromatic N) is 4. The summed E-state index contributed by atoms with van der Waals surface area (Å²) in [6, 6.07) is 18.2. The Hall–Kier alpha value is -3.27. The van der Waals surface area contributed by atoms with Gasteiger partial charge in [0.1, 0.15) is 17.6 Å². The summed E-state index contributed by atoms with van der Waals surface area (Å²) in [7, 11) is 1.56. The van der Waals surface area contributed by atoms with Gasteiger partial charge >= 0.3 is 0 Å². The molecule has 0 unspecified atom stereocenters. The second kappa shape index (κ2) is 9.49. The quantitative estimate of drug-likeness (QED) is 0.631. The highest BCUT2D eigenvalue weighted by Gasteiger charge is 2.11. The van der Waals surface area contributed by atoms with Crippen molar-refractivity contribution in [1.82, 2.24) is 14.9 Å². The molecule has 4 rings (SSSR count). The van der Waals surface area contributed by atoms with Crippen molar-refractivity contribution in [3.8, 4) is 23.1 Å². The summed E-state index contributed by atoms with van der Waals surface area (Å²) in [5.74, 6) is 1.32. The van der Waals surface area contributed by atoms with E-state index in [4.69, 9.17) is 14.5 Å².